The smallest absolute Gasteiger partial charge is 0.251 e. The number of carbonyl (C=O) groups is 2. The van der Waals surface area contributed by atoms with Gasteiger partial charge in [-0.05, 0) is 37.1 Å². The second-order valence-corrected chi connectivity index (χ2v) is 6.66. The summed E-state index contributed by atoms with van der Waals surface area (Å²) >= 11 is 0. The molecule has 0 aliphatic rings. The van der Waals surface area contributed by atoms with Crippen LogP contribution in [-0.4, -0.2) is 31.0 Å². The largest absolute Gasteiger partial charge is 0.492 e. The fourth-order valence-corrected chi connectivity index (χ4v) is 2.60. The SMILES string of the molecule is CC[C@H](C)[C@H](NC(=O)c1ccccc1)C(=O)NCCOc1ccc(C)cc1. The minimum absolute atomic E-state index is 0.0238. The second kappa shape index (κ2) is 10.4. The van der Waals surface area contributed by atoms with Gasteiger partial charge in [-0.25, -0.2) is 0 Å². The van der Waals surface area contributed by atoms with Gasteiger partial charge in [0, 0.05) is 5.56 Å². The van der Waals surface area contributed by atoms with E-state index in [4.69, 9.17) is 4.74 Å². The quantitative estimate of drug-likeness (QED) is 0.667. The molecule has 5 nitrogen and oxygen atoms in total. The van der Waals surface area contributed by atoms with Gasteiger partial charge in [0.15, 0.2) is 0 Å². The number of aryl methyl sites for hydroxylation is 1. The van der Waals surface area contributed by atoms with E-state index in [2.05, 4.69) is 10.6 Å². The maximum absolute atomic E-state index is 12.6. The molecule has 2 N–H and O–H groups in total. The van der Waals surface area contributed by atoms with Crippen molar-refractivity contribution in [3.63, 3.8) is 0 Å². The molecule has 0 bridgehead atoms. The Morgan fingerprint density at radius 2 is 1.70 bits per heavy atom. The number of hydrogen-bond donors (Lipinski definition) is 2. The molecule has 2 atom stereocenters. The molecule has 5 heteroatoms. The number of rotatable bonds is 9. The van der Waals surface area contributed by atoms with E-state index >= 15 is 0 Å². The molecule has 27 heavy (non-hydrogen) atoms. The molecule has 2 amide bonds. The van der Waals surface area contributed by atoms with Crippen molar-refractivity contribution in [1.82, 2.24) is 10.6 Å². The van der Waals surface area contributed by atoms with Crippen LogP contribution < -0.4 is 15.4 Å². The molecule has 0 fully saturated rings. The lowest BCUT2D eigenvalue weighted by molar-refractivity contribution is -0.124. The Kier molecular flexibility index (Phi) is 7.86. The first-order chi connectivity index (χ1) is 13.0. The van der Waals surface area contributed by atoms with E-state index in [1.807, 2.05) is 51.1 Å². The van der Waals surface area contributed by atoms with Gasteiger partial charge >= 0.3 is 0 Å². The van der Waals surface area contributed by atoms with Crippen molar-refractivity contribution in [3.8, 4) is 5.75 Å². The van der Waals surface area contributed by atoms with Gasteiger partial charge in [0.05, 0.1) is 6.54 Å². The molecule has 0 radical (unpaired) electrons. The van der Waals surface area contributed by atoms with Crippen molar-refractivity contribution in [2.45, 2.75) is 33.2 Å². The van der Waals surface area contributed by atoms with Gasteiger partial charge in [-0.3, -0.25) is 9.59 Å². The first kappa shape index (κ1) is 20.5. The monoisotopic (exact) mass is 368 g/mol. The Labute approximate surface area is 161 Å². The minimum Gasteiger partial charge on any atom is -0.492 e. The molecule has 0 heterocycles. The Hall–Kier alpha value is -2.82. The number of ether oxygens (including phenoxy) is 1. The number of amides is 2. The Balaban J connectivity index is 1.86. The molecule has 2 rings (SSSR count). The molecule has 2 aromatic carbocycles. The molecule has 0 saturated carbocycles. The van der Waals surface area contributed by atoms with E-state index in [0.717, 1.165) is 12.2 Å². The lowest BCUT2D eigenvalue weighted by Gasteiger charge is -2.23. The Morgan fingerprint density at radius 1 is 1.04 bits per heavy atom. The zero-order chi connectivity index (χ0) is 19.6. The first-order valence-corrected chi connectivity index (χ1v) is 9.34. The third-order valence-electron chi connectivity index (χ3n) is 4.51. The van der Waals surface area contributed by atoms with E-state index in [9.17, 15) is 9.59 Å². The summed E-state index contributed by atoms with van der Waals surface area (Å²) < 4.78 is 5.63. The van der Waals surface area contributed by atoms with Crippen LogP contribution in [0.25, 0.3) is 0 Å². The van der Waals surface area contributed by atoms with Crippen LogP contribution in [0.15, 0.2) is 54.6 Å². The van der Waals surface area contributed by atoms with Crippen LogP contribution >= 0.6 is 0 Å². The lowest BCUT2D eigenvalue weighted by Crippen LogP contribution is -2.50. The molecule has 0 aliphatic carbocycles. The van der Waals surface area contributed by atoms with E-state index in [1.54, 1.807) is 24.3 Å². The van der Waals surface area contributed by atoms with Crippen LogP contribution in [0.1, 0.15) is 36.2 Å². The van der Waals surface area contributed by atoms with E-state index in [1.165, 1.54) is 5.56 Å². The maximum Gasteiger partial charge on any atom is 0.251 e. The summed E-state index contributed by atoms with van der Waals surface area (Å²) in [5, 5.41) is 5.71. The molecule has 0 unspecified atom stereocenters. The van der Waals surface area contributed by atoms with E-state index in [0.29, 0.717) is 18.7 Å². The van der Waals surface area contributed by atoms with Gasteiger partial charge in [0.25, 0.3) is 5.91 Å². The highest BCUT2D eigenvalue weighted by molar-refractivity contribution is 5.97. The highest BCUT2D eigenvalue weighted by Crippen LogP contribution is 2.11. The molecule has 0 saturated heterocycles. The third-order valence-corrected chi connectivity index (χ3v) is 4.51. The highest BCUT2D eigenvalue weighted by atomic mass is 16.5. The normalized spacial score (nSPS) is 12.7. The number of hydrogen-bond acceptors (Lipinski definition) is 3. The third kappa shape index (κ3) is 6.44. The zero-order valence-electron chi connectivity index (χ0n) is 16.2. The van der Waals surface area contributed by atoms with Crippen LogP contribution in [0.5, 0.6) is 5.75 Å². The summed E-state index contributed by atoms with van der Waals surface area (Å²) in [6, 6.07) is 16.1. The van der Waals surface area contributed by atoms with E-state index < -0.39 is 6.04 Å². The van der Waals surface area contributed by atoms with Crippen molar-refractivity contribution in [1.29, 1.82) is 0 Å². The minimum atomic E-state index is -0.581. The summed E-state index contributed by atoms with van der Waals surface area (Å²) in [5.41, 5.74) is 1.71. The molecule has 0 aromatic heterocycles. The van der Waals surface area contributed by atoms with Gasteiger partial charge in [0.2, 0.25) is 5.91 Å². The van der Waals surface area contributed by atoms with Gasteiger partial charge in [0.1, 0.15) is 18.4 Å². The van der Waals surface area contributed by atoms with Crippen LogP contribution in [0.4, 0.5) is 0 Å². The van der Waals surface area contributed by atoms with Crippen molar-refractivity contribution in [2.24, 2.45) is 5.92 Å². The molecule has 2 aromatic rings. The number of carbonyl (C=O) groups excluding carboxylic acids is 2. The van der Waals surface area contributed by atoms with Gasteiger partial charge in [-0.2, -0.15) is 0 Å². The molecule has 0 aliphatic heterocycles. The first-order valence-electron chi connectivity index (χ1n) is 9.34. The lowest BCUT2D eigenvalue weighted by atomic mass is 9.98. The number of benzene rings is 2. The molecule has 144 valence electrons. The average Bonchev–Trinajstić information content (AvgIpc) is 2.70. The summed E-state index contributed by atoms with van der Waals surface area (Å²) in [6.07, 6.45) is 0.785. The topological polar surface area (TPSA) is 67.4 Å². The van der Waals surface area contributed by atoms with Gasteiger partial charge in [-0.1, -0.05) is 56.2 Å². The van der Waals surface area contributed by atoms with Crippen molar-refractivity contribution in [2.75, 3.05) is 13.2 Å². The van der Waals surface area contributed by atoms with Crippen LogP contribution in [-0.2, 0) is 4.79 Å². The summed E-state index contributed by atoms with van der Waals surface area (Å²) in [5.74, 6) is 0.356. The second-order valence-electron chi connectivity index (χ2n) is 6.66. The maximum atomic E-state index is 12.6. The summed E-state index contributed by atoms with van der Waals surface area (Å²) in [7, 11) is 0. The predicted molar refractivity (Wildman–Crippen MR) is 107 cm³/mol. The summed E-state index contributed by atoms with van der Waals surface area (Å²) in [6.45, 7) is 6.72. The van der Waals surface area contributed by atoms with Crippen LogP contribution in [0.3, 0.4) is 0 Å². The Morgan fingerprint density at radius 3 is 2.33 bits per heavy atom. The van der Waals surface area contributed by atoms with Gasteiger partial charge < -0.3 is 15.4 Å². The highest BCUT2D eigenvalue weighted by Gasteiger charge is 2.26. The summed E-state index contributed by atoms with van der Waals surface area (Å²) in [4.78, 5) is 25.0. The fourth-order valence-electron chi connectivity index (χ4n) is 2.60. The molecule has 0 spiro atoms. The van der Waals surface area contributed by atoms with E-state index in [-0.39, 0.29) is 17.7 Å². The standard InChI is InChI=1S/C22H28N2O3/c1-4-17(3)20(24-21(25)18-8-6-5-7-9-18)22(26)23-14-15-27-19-12-10-16(2)11-13-19/h5-13,17,20H,4,14-15H2,1-3H3,(H,23,26)(H,24,25)/t17-,20-/m0/s1. The van der Waals surface area contributed by atoms with Crippen molar-refractivity contribution >= 4 is 11.8 Å². The van der Waals surface area contributed by atoms with Crippen LogP contribution in [0, 0.1) is 12.8 Å². The van der Waals surface area contributed by atoms with Crippen molar-refractivity contribution < 1.29 is 14.3 Å². The Bertz CT molecular complexity index is 729. The van der Waals surface area contributed by atoms with Crippen LogP contribution in [0.2, 0.25) is 0 Å². The van der Waals surface area contributed by atoms with Crippen molar-refractivity contribution in [3.05, 3.63) is 65.7 Å². The number of nitrogens with one attached hydrogen (secondary N) is 2. The molecular formula is C22H28N2O3. The zero-order valence-corrected chi connectivity index (χ0v) is 16.2. The molecular weight excluding hydrogens is 340 g/mol. The van der Waals surface area contributed by atoms with Gasteiger partial charge in [-0.15, -0.1) is 0 Å². The fraction of sp³-hybridized carbons (Fsp3) is 0.364. The average molecular weight is 368 g/mol. The predicted octanol–water partition coefficient (Wildman–Crippen LogP) is 3.33.